The van der Waals surface area contributed by atoms with Gasteiger partial charge in [0.1, 0.15) is 23.6 Å². The number of aromatic hydroxyl groups is 2. The fraction of sp³-hybridized carbons (Fsp3) is 0.641. The molecule has 0 aromatic heterocycles. The second kappa shape index (κ2) is 37.6. The number of hydrogen-bond donors (Lipinski definition) is 10. The van der Waals surface area contributed by atoms with E-state index in [1.54, 1.807) is 6.92 Å². The third kappa shape index (κ3) is 25.4. The molecule has 0 aliphatic carbocycles. The van der Waals surface area contributed by atoms with Crippen LogP contribution >= 0.6 is 33.2 Å². The number of carbonyl (C=O) groups excluding carboxylic acids is 8. The minimum atomic E-state index is -1.48. The highest BCUT2D eigenvalue weighted by Crippen LogP contribution is 2.31. The van der Waals surface area contributed by atoms with Crippen LogP contribution in [0.1, 0.15) is 103 Å². The summed E-state index contributed by atoms with van der Waals surface area (Å²) in [6.45, 7) is 10.7. The van der Waals surface area contributed by atoms with Crippen LogP contribution in [0.4, 0.5) is 0 Å². The Morgan fingerprint density at radius 2 is 1.42 bits per heavy atom. The van der Waals surface area contributed by atoms with Crippen molar-refractivity contribution in [2.24, 2.45) is 23.7 Å². The van der Waals surface area contributed by atoms with Gasteiger partial charge in [-0.2, -0.15) is 0 Å². The van der Waals surface area contributed by atoms with E-state index < -0.39 is 145 Å². The largest absolute Gasteiger partial charge is 0.508 e. The molecule has 4 aliphatic heterocycles. The Bertz CT molecular complexity index is 2930. The van der Waals surface area contributed by atoms with Crippen LogP contribution in [0.5, 0.6) is 11.5 Å². The standard InChI is InChI=1S/C64H92ClN9O17S2/c1-39(2)26-44-30-47(76)34-66-60(86)45(27-42-8-13-54(78)49(65)28-42)32-56(80)53-33-48(77)35-74(53)63(89)51(38-93-92-37-40(3)67-62(44)88)69-61(87)43(9-15-58(82)83)31-55(79)50(29-41-6-10-46(75)11-7-41)68-57(81)14-12-52(64(90)91)73-19-5-17-70-20-21-71(24-25-73)16-4-18-72(23-22-70)36-59(84)85/h6-8,10-11,13,28,39-40,43-45,48,50-53,75,77-78H,4-5,9,12,14-27,29-38H2,1-3H3,(H,66,86)(H,67,88)(H,68,81)(H,69,87)(H,82,83)(H,84,85)(H,90,91)/t40-,43+,44-,45-,48-,50+,51+,52?,53+/m1/s1. The Balaban J connectivity index is 1.23. The SMILES string of the molecule is CC(C)C[C@@H]1CC(=O)CNC(=O)[C@H](Cc2ccc(O)c(Cl)c2)CC(=O)[C@@H]2C[C@@H](O)CN2C(=O)[C@@H](NC(=O)[C@@H](CCC(=O)O)CC(=O)[C@H](Cc2ccc(O)cc2)NC(=O)CCC(C(=O)O)N2CCCN3CCN(CCCN(CC(=O)O)CC3)CC2)CSSC[C@@H](C)NC1=O. The second-order valence-electron chi connectivity index (χ2n) is 25.4. The number of Topliss-reactive ketones (excluding diaryl/α,β-unsaturated/α-hetero) is 3. The van der Waals surface area contributed by atoms with Gasteiger partial charge in [0.2, 0.25) is 29.5 Å². The topological polar surface area (TPSA) is 373 Å². The highest BCUT2D eigenvalue weighted by molar-refractivity contribution is 8.76. The molecule has 4 aliphatic rings. The number of aliphatic hydroxyl groups excluding tert-OH is 1. The molecule has 3 unspecified atom stereocenters. The Morgan fingerprint density at radius 3 is 2.09 bits per heavy atom. The van der Waals surface area contributed by atoms with Crippen molar-refractivity contribution in [1.29, 1.82) is 0 Å². The molecule has 29 heteroatoms. The lowest BCUT2D eigenvalue weighted by atomic mass is 9.90. The Morgan fingerprint density at radius 1 is 0.753 bits per heavy atom. The molecule has 2 aromatic carbocycles. The zero-order valence-corrected chi connectivity index (χ0v) is 55.6. The lowest BCUT2D eigenvalue weighted by Gasteiger charge is -2.37. The maximum absolute atomic E-state index is 15.0. The number of aliphatic hydroxyl groups is 1. The summed E-state index contributed by atoms with van der Waals surface area (Å²) >= 11 is 6.23. The van der Waals surface area contributed by atoms with Crippen molar-refractivity contribution in [3.8, 4) is 11.5 Å². The van der Waals surface area contributed by atoms with Crippen molar-refractivity contribution >= 4 is 98.0 Å². The summed E-state index contributed by atoms with van der Waals surface area (Å²) < 4.78 is 0. The van der Waals surface area contributed by atoms with E-state index in [9.17, 15) is 78.6 Å². The monoisotopic (exact) mass is 1360 g/mol. The van der Waals surface area contributed by atoms with E-state index in [1.165, 1.54) is 53.3 Å². The Labute approximate surface area is 555 Å². The average Bonchev–Trinajstić information content (AvgIpc) is 1.73. The number of ketones is 3. The van der Waals surface area contributed by atoms with Crippen LogP contribution in [0.25, 0.3) is 0 Å². The van der Waals surface area contributed by atoms with E-state index in [-0.39, 0.29) is 91.5 Å². The van der Waals surface area contributed by atoms with Crippen LogP contribution in [0.15, 0.2) is 42.5 Å². The van der Waals surface area contributed by atoms with Gasteiger partial charge in [0.05, 0.1) is 36.3 Å². The molecule has 11 atom stereocenters. The number of benzene rings is 2. The maximum atomic E-state index is 15.0. The molecule has 2 aromatic rings. The van der Waals surface area contributed by atoms with E-state index in [0.717, 1.165) is 35.2 Å². The third-order valence-corrected chi connectivity index (χ3v) is 20.2. The molecule has 4 heterocycles. The first-order chi connectivity index (χ1) is 44.2. The number of phenolic OH excluding ortho intramolecular Hbond substituents is 2. The van der Waals surface area contributed by atoms with Crippen LogP contribution in [-0.2, 0) is 65.6 Å². The molecule has 10 N–H and O–H groups in total. The van der Waals surface area contributed by atoms with Crippen LogP contribution in [0, 0.1) is 23.7 Å². The molecular weight excluding hydrogens is 1270 g/mol. The predicted octanol–water partition coefficient (Wildman–Crippen LogP) is 2.45. The quantitative estimate of drug-likeness (QED) is 0.0757. The zero-order valence-electron chi connectivity index (χ0n) is 53.2. The van der Waals surface area contributed by atoms with Crippen molar-refractivity contribution < 1.29 is 83.4 Å². The number of carbonyl (C=O) groups is 11. The highest BCUT2D eigenvalue weighted by Gasteiger charge is 2.43. The minimum absolute atomic E-state index is 0.0172. The van der Waals surface area contributed by atoms with E-state index in [0.29, 0.717) is 76.3 Å². The summed E-state index contributed by atoms with van der Waals surface area (Å²) in [4.78, 5) is 161. The summed E-state index contributed by atoms with van der Waals surface area (Å²) in [5.74, 6) is -12.2. The molecule has 4 fully saturated rings. The summed E-state index contributed by atoms with van der Waals surface area (Å²) in [5, 5.41) is 72.5. The summed E-state index contributed by atoms with van der Waals surface area (Å²) in [6.07, 6.45) is -2.87. The normalized spacial score (nSPS) is 25.1. The molecule has 93 heavy (non-hydrogen) atoms. The zero-order chi connectivity index (χ0) is 67.9. The van der Waals surface area contributed by atoms with Gasteiger partial charge in [0, 0.05) is 133 Å². The van der Waals surface area contributed by atoms with Crippen LogP contribution < -0.4 is 21.3 Å². The molecule has 2 bridgehead atoms. The molecule has 0 spiro atoms. The first-order valence-electron chi connectivity index (χ1n) is 32.0. The van der Waals surface area contributed by atoms with E-state index >= 15 is 4.79 Å². The summed E-state index contributed by atoms with van der Waals surface area (Å²) in [6, 6.07) is 4.34. The second-order valence-corrected chi connectivity index (χ2v) is 28.3. The van der Waals surface area contributed by atoms with Gasteiger partial charge in [-0.3, -0.25) is 62.5 Å². The fourth-order valence-electron chi connectivity index (χ4n) is 12.3. The molecule has 6 rings (SSSR count). The van der Waals surface area contributed by atoms with Crippen LogP contribution in [0.2, 0.25) is 5.02 Å². The third-order valence-electron chi connectivity index (χ3n) is 17.3. The number of carboxylic acids is 3. The van der Waals surface area contributed by atoms with E-state index in [2.05, 4.69) is 31.1 Å². The Kier molecular flexibility index (Phi) is 30.6. The van der Waals surface area contributed by atoms with Gasteiger partial charge in [-0.05, 0) is 106 Å². The summed E-state index contributed by atoms with van der Waals surface area (Å²) in [7, 11) is 2.38. The number of amides is 5. The van der Waals surface area contributed by atoms with Crippen molar-refractivity contribution in [3.05, 3.63) is 58.6 Å². The first kappa shape index (κ1) is 75.6. The van der Waals surface area contributed by atoms with Gasteiger partial charge in [-0.25, -0.2) is 0 Å². The number of nitrogens with one attached hydrogen (secondary N) is 4. The predicted molar refractivity (Wildman–Crippen MR) is 348 cm³/mol. The van der Waals surface area contributed by atoms with Crippen molar-refractivity contribution in [1.82, 2.24) is 45.8 Å². The summed E-state index contributed by atoms with van der Waals surface area (Å²) in [5.41, 5.74) is 0.931. The Hall–Kier alpha value is -6.40. The maximum Gasteiger partial charge on any atom is 0.320 e. The minimum Gasteiger partial charge on any atom is -0.508 e. The lowest BCUT2D eigenvalue weighted by molar-refractivity contribution is -0.144. The molecule has 0 saturated carbocycles. The van der Waals surface area contributed by atoms with E-state index in [1.807, 2.05) is 23.6 Å². The molecule has 26 nitrogen and oxygen atoms in total. The number of hydrogen-bond acceptors (Lipinski definition) is 20. The molecule has 5 amide bonds. The first-order valence-corrected chi connectivity index (χ1v) is 34.9. The number of nitrogens with zero attached hydrogens (tertiary/aromatic N) is 5. The van der Waals surface area contributed by atoms with Crippen LogP contribution in [0.3, 0.4) is 0 Å². The fourth-order valence-corrected chi connectivity index (χ4v) is 15.0. The lowest BCUT2D eigenvalue weighted by Crippen LogP contribution is -2.54. The van der Waals surface area contributed by atoms with Gasteiger partial charge in [0.15, 0.2) is 17.3 Å². The number of rotatable bonds is 22. The number of carboxylic acid groups (broad SMARTS) is 3. The molecular formula is C64H92ClN9O17S2. The smallest absolute Gasteiger partial charge is 0.320 e. The molecule has 4 saturated heterocycles. The van der Waals surface area contributed by atoms with Gasteiger partial charge in [-0.1, -0.05) is 65.2 Å². The van der Waals surface area contributed by atoms with Gasteiger partial charge in [0.25, 0.3) is 0 Å². The number of halogens is 1. The number of aliphatic carboxylic acids is 3. The van der Waals surface area contributed by atoms with Crippen molar-refractivity contribution in [2.45, 2.75) is 141 Å². The van der Waals surface area contributed by atoms with Gasteiger partial charge >= 0.3 is 17.9 Å². The van der Waals surface area contributed by atoms with Crippen LogP contribution in [-0.4, -0.2) is 253 Å². The number of phenols is 2. The molecule has 0 radical (unpaired) electrons. The highest BCUT2D eigenvalue weighted by atomic mass is 35.5. The molecule has 514 valence electrons. The number of fused-ring (bicyclic) bond motifs is 4. The van der Waals surface area contributed by atoms with Crippen molar-refractivity contribution in [2.75, 3.05) is 96.6 Å². The van der Waals surface area contributed by atoms with E-state index in [4.69, 9.17) is 11.6 Å². The average molecular weight is 1360 g/mol. The van der Waals surface area contributed by atoms with Gasteiger partial charge < -0.3 is 66.6 Å². The van der Waals surface area contributed by atoms with Crippen molar-refractivity contribution in [3.63, 3.8) is 0 Å². The van der Waals surface area contributed by atoms with Gasteiger partial charge in [-0.15, -0.1) is 0 Å².